The number of benzene rings is 2. The molecule has 0 bridgehead atoms. The van der Waals surface area contributed by atoms with E-state index in [2.05, 4.69) is 33.2 Å². The molecule has 0 unspecified atom stereocenters. The molecule has 2 nitrogen and oxygen atoms in total. The van der Waals surface area contributed by atoms with Crippen molar-refractivity contribution in [3.05, 3.63) is 71.3 Å². The van der Waals surface area contributed by atoms with E-state index in [9.17, 15) is 0 Å². The zero-order valence-corrected chi connectivity index (χ0v) is 11.7. The molecule has 2 aromatic carbocycles. The summed E-state index contributed by atoms with van der Waals surface area (Å²) in [5.74, 6) is 0. The summed E-state index contributed by atoms with van der Waals surface area (Å²) >= 11 is 3.46. The Labute approximate surface area is 115 Å². The van der Waals surface area contributed by atoms with Crippen molar-refractivity contribution in [3.63, 3.8) is 0 Å². The Bertz CT molecular complexity index is 537. The molecule has 2 aromatic rings. The van der Waals surface area contributed by atoms with Gasteiger partial charge in [-0.05, 0) is 11.6 Å². The Morgan fingerprint density at radius 1 is 1.06 bits per heavy atom. The second kappa shape index (κ2) is 6.36. The third-order valence-electron chi connectivity index (χ3n) is 2.58. The highest BCUT2D eigenvalue weighted by Gasteiger charge is 2.07. The number of halogens is 1. The van der Waals surface area contributed by atoms with Crippen LogP contribution in [0.1, 0.15) is 16.7 Å². The van der Waals surface area contributed by atoms with Crippen molar-refractivity contribution in [3.8, 4) is 0 Å². The molecule has 92 valence electrons. The van der Waals surface area contributed by atoms with Crippen LogP contribution in [0.5, 0.6) is 0 Å². The van der Waals surface area contributed by atoms with E-state index in [0.717, 1.165) is 22.2 Å². The lowest BCUT2D eigenvalue weighted by Gasteiger charge is -2.07. The van der Waals surface area contributed by atoms with Crippen molar-refractivity contribution in [1.82, 2.24) is 0 Å². The van der Waals surface area contributed by atoms with Crippen LogP contribution in [0.25, 0.3) is 0 Å². The number of oxime groups is 1. The molecule has 0 aromatic heterocycles. The second-order valence-electron chi connectivity index (χ2n) is 3.82. The van der Waals surface area contributed by atoms with Gasteiger partial charge >= 0.3 is 0 Å². The molecule has 0 heterocycles. The fourth-order valence-electron chi connectivity index (χ4n) is 1.76. The molecule has 0 aliphatic carbocycles. The van der Waals surface area contributed by atoms with Crippen LogP contribution < -0.4 is 0 Å². The summed E-state index contributed by atoms with van der Waals surface area (Å²) in [6, 6.07) is 18.3. The van der Waals surface area contributed by atoms with Crippen LogP contribution in [0, 0.1) is 0 Å². The topological polar surface area (TPSA) is 21.6 Å². The van der Waals surface area contributed by atoms with Gasteiger partial charge in [0.1, 0.15) is 12.8 Å². The molecule has 0 fully saturated rings. The minimum atomic E-state index is 0.829. The SMILES string of the molecule is CON=C(c1ccccc1)c1cccc(CBr)c1. The normalized spacial score (nSPS) is 11.3. The number of nitrogens with zero attached hydrogens (tertiary/aromatic N) is 1. The summed E-state index contributed by atoms with van der Waals surface area (Å²) in [5.41, 5.74) is 4.17. The van der Waals surface area contributed by atoms with Gasteiger partial charge in [0.05, 0.1) is 0 Å². The van der Waals surface area contributed by atoms with Crippen molar-refractivity contribution < 1.29 is 4.84 Å². The monoisotopic (exact) mass is 303 g/mol. The average Bonchev–Trinajstić information content (AvgIpc) is 2.46. The smallest absolute Gasteiger partial charge is 0.117 e. The van der Waals surface area contributed by atoms with E-state index >= 15 is 0 Å². The van der Waals surface area contributed by atoms with Gasteiger partial charge in [-0.1, -0.05) is 69.6 Å². The van der Waals surface area contributed by atoms with Crippen LogP contribution in [0.2, 0.25) is 0 Å². The van der Waals surface area contributed by atoms with Crippen LogP contribution >= 0.6 is 15.9 Å². The minimum Gasteiger partial charge on any atom is -0.399 e. The van der Waals surface area contributed by atoms with E-state index in [1.165, 1.54) is 5.56 Å². The molecule has 0 aliphatic heterocycles. The molecule has 18 heavy (non-hydrogen) atoms. The van der Waals surface area contributed by atoms with Crippen LogP contribution in [-0.2, 0) is 10.2 Å². The first kappa shape index (κ1) is 12.8. The number of rotatable bonds is 4. The molecule has 2 rings (SSSR count). The predicted molar refractivity (Wildman–Crippen MR) is 78.2 cm³/mol. The first-order valence-corrected chi connectivity index (χ1v) is 6.79. The molecule has 0 N–H and O–H groups in total. The van der Waals surface area contributed by atoms with E-state index in [4.69, 9.17) is 4.84 Å². The first-order valence-electron chi connectivity index (χ1n) is 5.67. The summed E-state index contributed by atoms with van der Waals surface area (Å²) in [6.07, 6.45) is 0. The largest absolute Gasteiger partial charge is 0.399 e. The van der Waals surface area contributed by atoms with Gasteiger partial charge in [0, 0.05) is 16.5 Å². The van der Waals surface area contributed by atoms with Gasteiger partial charge in [-0.3, -0.25) is 0 Å². The summed E-state index contributed by atoms with van der Waals surface area (Å²) in [5, 5.41) is 4.97. The lowest BCUT2D eigenvalue weighted by molar-refractivity contribution is 0.214. The Hall–Kier alpha value is -1.61. The third-order valence-corrected chi connectivity index (χ3v) is 3.23. The zero-order chi connectivity index (χ0) is 12.8. The van der Waals surface area contributed by atoms with Gasteiger partial charge in [-0.25, -0.2) is 0 Å². The lowest BCUT2D eigenvalue weighted by Crippen LogP contribution is -2.04. The number of hydrogen-bond acceptors (Lipinski definition) is 2. The molecule has 0 radical (unpaired) electrons. The molecule has 0 spiro atoms. The average molecular weight is 304 g/mol. The highest BCUT2D eigenvalue weighted by Crippen LogP contribution is 2.14. The Morgan fingerprint density at radius 3 is 2.44 bits per heavy atom. The Kier molecular flexibility index (Phi) is 4.53. The van der Waals surface area contributed by atoms with Crippen molar-refractivity contribution in [1.29, 1.82) is 0 Å². The minimum absolute atomic E-state index is 0.829. The van der Waals surface area contributed by atoms with Crippen LogP contribution in [0.15, 0.2) is 59.8 Å². The van der Waals surface area contributed by atoms with Gasteiger partial charge < -0.3 is 4.84 Å². The van der Waals surface area contributed by atoms with Crippen LogP contribution in [-0.4, -0.2) is 12.8 Å². The van der Waals surface area contributed by atoms with Crippen molar-refractivity contribution in [2.75, 3.05) is 7.11 Å². The van der Waals surface area contributed by atoms with E-state index in [-0.39, 0.29) is 0 Å². The van der Waals surface area contributed by atoms with E-state index < -0.39 is 0 Å². The molecular formula is C15H14BrNO. The predicted octanol–water partition coefficient (Wildman–Crippen LogP) is 3.98. The molecule has 3 heteroatoms. The molecule has 0 atom stereocenters. The molecule has 0 aliphatic rings. The van der Waals surface area contributed by atoms with Crippen molar-refractivity contribution in [2.24, 2.45) is 5.16 Å². The highest BCUT2D eigenvalue weighted by molar-refractivity contribution is 9.08. The van der Waals surface area contributed by atoms with Gasteiger partial charge in [-0.2, -0.15) is 0 Å². The van der Waals surface area contributed by atoms with Crippen LogP contribution in [0.4, 0.5) is 0 Å². The van der Waals surface area contributed by atoms with E-state index in [1.807, 2.05) is 42.5 Å². The summed E-state index contributed by atoms with van der Waals surface area (Å²) in [4.78, 5) is 4.96. The van der Waals surface area contributed by atoms with Gasteiger partial charge in [0.2, 0.25) is 0 Å². The van der Waals surface area contributed by atoms with E-state index in [1.54, 1.807) is 7.11 Å². The third kappa shape index (κ3) is 2.99. The zero-order valence-electron chi connectivity index (χ0n) is 10.1. The number of alkyl halides is 1. The van der Waals surface area contributed by atoms with Gasteiger partial charge in [0.15, 0.2) is 0 Å². The highest BCUT2D eigenvalue weighted by atomic mass is 79.9. The lowest BCUT2D eigenvalue weighted by atomic mass is 10.0. The summed E-state index contributed by atoms with van der Waals surface area (Å²) < 4.78 is 0. The molecule has 0 saturated carbocycles. The molecular weight excluding hydrogens is 290 g/mol. The summed E-state index contributed by atoms with van der Waals surface area (Å²) in [6.45, 7) is 0. The van der Waals surface area contributed by atoms with E-state index in [0.29, 0.717) is 0 Å². The maximum Gasteiger partial charge on any atom is 0.117 e. The fraction of sp³-hybridized carbons (Fsp3) is 0.133. The van der Waals surface area contributed by atoms with Gasteiger partial charge in [0.25, 0.3) is 0 Å². The maximum absolute atomic E-state index is 4.96. The van der Waals surface area contributed by atoms with Gasteiger partial charge in [-0.15, -0.1) is 0 Å². The summed E-state index contributed by atoms with van der Waals surface area (Å²) in [7, 11) is 1.57. The molecule has 0 saturated heterocycles. The Balaban J connectivity index is 2.45. The maximum atomic E-state index is 4.96. The first-order chi connectivity index (χ1) is 8.85. The number of hydrogen-bond donors (Lipinski definition) is 0. The standard InChI is InChI=1S/C15H14BrNO/c1-18-17-15(13-7-3-2-4-8-13)14-9-5-6-12(10-14)11-16/h2-10H,11H2,1H3. The Morgan fingerprint density at radius 2 is 1.78 bits per heavy atom. The fourth-order valence-corrected chi connectivity index (χ4v) is 2.11. The molecule has 0 amide bonds. The van der Waals surface area contributed by atoms with Crippen molar-refractivity contribution in [2.45, 2.75) is 5.33 Å². The second-order valence-corrected chi connectivity index (χ2v) is 4.38. The van der Waals surface area contributed by atoms with Crippen LogP contribution in [0.3, 0.4) is 0 Å². The quantitative estimate of drug-likeness (QED) is 0.475. The van der Waals surface area contributed by atoms with Crippen molar-refractivity contribution >= 4 is 21.6 Å².